The molecular weight excluding hydrogens is 340 g/mol. The first kappa shape index (κ1) is 18.5. The van der Waals surface area contributed by atoms with Gasteiger partial charge in [0.2, 0.25) is 11.0 Å². The molecule has 0 spiro atoms. The maximum Gasteiger partial charge on any atom is 0.234 e. The molecule has 1 amide bonds. The van der Waals surface area contributed by atoms with Crippen molar-refractivity contribution >= 4 is 39.8 Å². The molecule has 2 rings (SSSR count). The molecule has 1 atom stereocenters. The maximum atomic E-state index is 12.0. The monoisotopic (exact) mass is 362 g/mol. The van der Waals surface area contributed by atoms with Gasteiger partial charge in [-0.25, -0.2) is 0 Å². The Morgan fingerprint density at radius 1 is 1.38 bits per heavy atom. The number of carbonyl (C=O) groups excluding carboxylic acids is 1. The first-order chi connectivity index (χ1) is 11.6. The predicted octanol–water partition coefficient (Wildman–Crippen LogP) is 4.38. The molecule has 24 heavy (non-hydrogen) atoms. The van der Waals surface area contributed by atoms with Gasteiger partial charge in [-0.2, -0.15) is 0 Å². The number of anilines is 2. The molecule has 1 heterocycles. The van der Waals surface area contributed by atoms with E-state index in [4.69, 9.17) is 0 Å². The summed E-state index contributed by atoms with van der Waals surface area (Å²) >= 11 is 2.81. The van der Waals surface area contributed by atoms with E-state index in [0.717, 1.165) is 21.6 Å². The van der Waals surface area contributed by atoms with Gasteiger partial charge < -0.3 is 10.6 Å². The molecule has 7 heteroatoms. The SMILES string of the molecule is C=CCNc1nnc(SCC(=O)Nc2ccc([C@@H](C)CC)cc2)s1. The van der Waals surface area contributed by atoms with Gasteiger partial charge in [-0.15, -0.1) is 16.8 Å². The molecule has 0 bridgehead atoms. The van der Waals surface area contributed by atoms with Gasteiger partial charge in [-0.1, -0.05) is 55.2 Å². The molecule has 0 aliphatic carbocycles. The van der Waals surface area contributed by atoms with Crippen LogP contribution in [0.25, 0.3) is 0 Å². The molecular formula is C17H22N4OS2. The minimum atomic E-state index is -0.0490. The molecule has 0 aliphatic rings. The highest BCUT2D eigenvalue weighted by Crippen LogP contribution is 2.25. The summed E-state index contributed by atoms with van der Waals surface area (Å²) in [5.41, 5.74) is 2.11. The van der Waals surface area contributed by atoms with Crippen molar-refractivity contribution in [1.29, 1.82) is 0 Å². The van der Waals surface area contributed by atoms with E-state index in [1.807, 2.05) is 12.1 Å². The van der Waals surface area contributed by atoms with E-state index >= 15 is 0 Å². The Morgan fingerprint density at radius 2 is 2.12 bits per heavy atom. The van der Waals surface area contributed by atoms with E-state index in [1.165, 1.54) is 28.7 Å². The lowest BCUT2D eigenvalue weighted by atomic mass is 9.99. The molecule has 128 valence electrons. The third-order valence-corrected chi connectivity index (χ3v) is 5.52. The van der Waals surface area contributed by atoms with E-state index in [-0.39, 0.29) is 5.91 Å². The van der Waals surface area contributed by atoms with Crippen LogP contribution in [0.4, 0.5) is 10.8 Å². The van der Waals surface area contributed by atoms with Gasteiger partial charge in [0.25, 0.3) is 0 Å². The van der Waals surface area contributed by atoms with Crippen LogP contribution in [0.3, 0.4) is 0 Å². The van der Waals surface area contributed by atoms with Crippen molar-refractivity contribution < 1.29 is 4.79 Å². The summed E-state index contributed by atoms with van der Waals surface area (Å²) in [6.07, 6.45) is 2.86. The summed E-state index contributed by atoms with van der Waals surface area (Å²) in [5, 5.41) is 14.8. The zero-order valence-electron chi connectivity index (χ0n) is 13.9. The minimum absolute atomic E-state index is 0.0490. The predicted molar refractivity (Wildman–Crippen MR) is 103 cm³/mol. The van der Waals surface area contributed by atoms with Crippen LogP contribution in [0.15, 0.2) is 41.3 Å². The summed E-state index contributed by atoms with van der Waals surface area (Å²) in [4.78, 5) is 12.0. The zero-order valence-corrected chi connectivity index (χ0v) is 15.5. The molecule has 0 fully saturated rings. The van der Waals surface area contributed by atoms with Crippen LogP contribution < -0.4 is 10.6 Å². The fourth-order valence-corrected chi connectivity index (χ4v) is 3.51. The molecule has 2 aromatic rings. The summed E-state index contributed by atoms with van der Waals surface area (Å²) in [5.74, 6) is 0.794. The van der Waals surface area contributed by atoms with E-state index in [0.29, 0.717) is 18.2 Å². The highest BCUT2D eigenvalue weighted by atomic mass is 32.2. The quantitative estimate of drug-likeness (QED) is 0.512. The van der Waals surface area contributed by atoms with E-state index in [9.17, 15) is 4.79 Å². The van der Waals surface area contributed by atoms with E-state index in [1.54, 1.807) is 6.08 Å². The number of amides is 1. The highest BCUT2D eigenvalue weighted by molar-refractivity contribution is 8.01. The van der Waals surface area contributed by atoms with Gasteiger partial charge in [0.05, 0.1) is 5.75 Å². The first-order valence-corrected chi connectivity index (χ1v) is 9.63. The number of nitrogens with zero attached hydrogens (tertiary/aromatic N) is 2. The number of rotatable bonds is 9. The van der Waals surface area contributed by atoms with Gasteiger partial charge in [-0.3, -0.25) is 4.79 Å². The number of benzene rings is 1. The van der Waals surface area contributed by atoms with E-state index < -0.39 is 0 Å². The standard InChI is InChI=1S/C17H22N4OS2/c1-4-10-18-16-20-21-17(24-16)23-11-15(22)19-14-8-6-13(7-9-14)12(3)5-2/h4,6-9,12H,1,5,10-11H2,2-3H3,(H,18,20)(H,19,22)/t12-/m0/s1. The van der Waals surface area contributed by atoms with Crippen molar-refractivity contribution in [2.24, 2.45) is 0 Å². The van der Waals surface area contributed by atoms with Gasteiger partial charge in [0.15, 0.2) is 4.34 Å². The van der Waals surface area contributed by atoms with Crippen LogP contribution in [0, 0.1) is 0 Å². The van der Waals surface area contributed by atoms with Crippen molar-refractivity contribution in [3.8, 4) is 0 Å². The Bertz CT molecular complexity index is 669. The molecule has 0 unspecified atom stereocenters. The highest BCUT2D eigenvalue weighted by Gasteiger charge is 2.09. The molecule has 0 aliphatic heterocycles. The van der Waals surface area contributed by atoms with Crippen LogP contribution in [-0.4, -0.2) is 28.4 Å². The Labute approximate surface area is 151 Å². The second kappa shape index (κ2) is 9.44. The number of hydrogen-bond donors (Lipinski definition) is 2. The fourth-order valence-electron chi connectivity index (χ4n) is 1.95. The first-order valence-electron chi connectivity index (χ1n) is 7.83. The average Bonchev–Trinajstić information content (AvgIpc) is 3.06. The van der Waals surface area contributed by atoms with Crippen LogP contribution in [0.1, 0.15) is 31.7 Å². The molecule has 0 saturated heterocycles. The van der Waals surface area contributed by atoms with Gasteiger partial charge in [-0.05, 0) is 30.0 Å². The third kappa shape index (κ3) is 5.65. The van der Waals surface area contributed by atoms with Gasteiger partial charge in [0.1, 0.15) is 0 Å². The van der Waals surface area contributed by atoms with Crippen molar-refractivity contribution in [2.75, 3.05) is 22.9 Å². The molecule has 1 aromatic heterocycles. The van der Waals surface area contributed by atoms with Crippen LogP contribution in [-0.2, 0) is 4.79 Å². The molecule has 1 aromatic carbocycles. The van der Waals surface area contributed by atoms with Crippen molar-refractivity contribution in [2.45, 2.75) is 30.5 Å². The number of carbonyl (C=O) groups is 1. The number of aromatic nitrogens is 2. The molecule has 5 nitrogen and oxygen atoms in total. The summed E-state index contributed by atoms with van der Waals surface area (Å²) < 4.78 is 0.767. The van der Waals surface area contributed by atoms with Crippen molar-refractivity contribution in [3.05, 3.63) is 42.5 Å². The van der Waals surface area contributed by atoms with Crippen LogP contribution >= 0.6 is 23.1 Å². The minimum Gasteiger partial charge on any atom is -0.357 e. The topological polar surface area (TPSA) is 66.9 Å². The average molecular weight is 363 g/mol. The number of hydrogen-bond acceptors (Lipinski definition) is 6. The van der Waals surface area contributed by atoms with Crippen LogP contribution in [0.5, 0.6) is 0 Å². The Kier molecular flexibility index (Phi) is 7.27. The van der Waals surface area contributed by atoms with Crippen LogP contribution in [0.2, 0.25) is 0 Å². The normalized spacial score (nSPS) is 11.8. The second-order valence-electron chi connectivity index (χ2n) is 5.31. The Balaban J connectivity index is 1.80. The van der Waals surface area contributed by atoms with Gasteiger partial charge >= 0.3 is 0 Å². The molecule has 2 N–H and O–H groups in total. The zero-order chi connectivity index (χ0) is 17.4. The Hall–Kier alpha value is -1.86. The summed E-state index contributed by atoms with van der Waals surface area (Å²) in [7, 11) is 0. The summed E-state index contributed by atoms with van der Waals surface area (Å²) in [6, 6.07) is 8.04. The molecule has 0 radical (unpaired) electrons. The smallest absolute Gasteiger partial charge is 0.234 e. The number of thioether (sulfide) groups is 1. The lowest BCUT2D eigenvalue weighted by Crippen LogP contribution is -2.13. The van der Waals surface area contributed by atoms with Crippen molar-refractivity contribution in [3.63, 3.8) is 0 Å². The Morgan fingerprint density at radius 3 is 2.79 bits per heavy atom. The van der Waals surface area contributed by atoms with Crippen molar-refractivity contribution in [1.82, 2.24) is 10.2 Å². The third-order valence-electron chi connectivity index (χ3n) is 3.51. The lowest BCUT2D eigenvalue weighted by molar-refractivity contribution is -0.113. The van der Waals surface area contributed by atoms with Gasteiger partial charge in [0, 0.05) is 12.2 Å². The number of nitrogens with one attached hydrogen (secondary N) is 2. The maximum absolute atomic E-state index is 12.0. The largest absolute Gasteiger partial charge is 0.357 e. The lowest BCUT2D eigenvalue weighted by Gasteiger charge is -2.10. The second-order valence-corrected chi connectivity index (χ2v) is 7.51. The summed E-state index contributed by atoms with van der Waals surface area (Å²) in [6.45, 7) is 8.65. The fraction of sp³-hybridized carbons (Fsp3) is 0.353. The van der Waals surface area contributed by atoms with E-state index in [2.05, 4.69) is 53.4 Å². The molecule has 0 saturated carbocycles.